The zero-order chi connectivity index (χ0) is 24.1. The molecule has 0 aliphatic rings. The van der Waals surface area contributed by atoms with Gasteiger partial charge in [-0.2, -0.15) is 0 Å². The molecule has 3 aromatic rings. The van der Waals surface area contributed by atoms with Crippen LogP contribution in [0.3, 0.4) is 0 Å². The SMILES string of the molecule is CC(C)(C)NS(=O)(=O)c1ccc(C(=O)Nc2cccc(C(=O)NCc3ccccn3)c2)cc1. The molecule has 0 aliphatic carbocycles. The maximum absolute atomic E-state index is 12.6. The van der Waals surface area contributed by atoms with Crippen LogP contribution in [0.15, 0.2) is 77.8 Å². The van der Waals surface area contributed by atoms with Gasteiger partial charge in [0.25, 0.3) is 11.8 Å². The van der Waals surface area contributed by atoms with Crippen LogP contribution in [0.25, 0.3) is 0 Å². The van der Waals surface area contributed by atoms with Crippen LogP contribution in [-0.2, 0) is 16.6 Å². The number of carbonyl (C=O) groups is 2. The standard InChI is InChI=1S/C24H26N4O4S/c1-24(2,3)28-33(31,32)21-12-10-17(11-13-21)23(30)27-19-9-6-7-18(15-19)22(29)26-16-20-8-4-5-14-25-20/h4-15,28H,16H2,1-3H3,(H,26,29)(H,27,30). The number of sulfonamides is 1. The Bertz CT molecular complexity index is 1240. The van der Waals surface area contributed by atoms with Gasteiger partial charge in [-0.15, -0.1) is 0 Å². The summed E-state index contributed by atoms with van der Waals surface area (Å²) in [6.07, 6.45) is 1.65. The molecule has 0 radical (unpaired) electrons. The highest BCUT2D eigenvalue weighted by Crippen LogP contribution is 2.16. The molecule has 3 N–H and O–H groups in total. The number of carbonyl (C=O) groups excluding carboxylic acids is 2. The number of rotatable bonds is 7. The third kappa shape index (κ3) is 6.96. The van der Waals surface area contributed by atoms with E-state index >= 15 is 0 Å². The number of aromatic nitrogens is 1. The van der Waals surface area contributed by atoms with Gasteiger partial charge in [-0.25, -0.2) is 13.1 Å². The van der Waals surface area contributed by atoms with Gasteiger partial charge in [0.05, 0.1) is 17.1 Å². The second-order valence-corrected chi connectivity index (χ2v) is 10.1. The van der Waals surface area contributed by atoms with Crippen LogP contribution in [0.4, 0.5) is 5.69 Å². The monoisotopic (exact) mass is 466 g/mol. The van der Waals surface area contributed by atoms with Crippen molar-refractivity contribution in [2.75, 3.05) is 5.32 Å². The summed E-state index contributed by atoms with van der Waals surface area (Å²) in [4.78, 5) is 29.3. The molecule has 0 unspecified atom stereocenters. The number of nitrogens with zero attached hydrogens (tertiary/aromatic N) is 1. The molecule has 8 nitrogen and oxygen atoms in total. The van der Waals surface area contributed by atoms with Crippen LogP contribution in [0.2, 0.25) is 0 Å². The number of anilines is 1. The van der Waals surface area contributed by atoms with E-state index in [9.17, 15) is 18.0 Å². The zero-order valence-electron chi connectivity index (χ0n) is 18.6. The van der Waals surface area contributed by atoms with Gasteiger partial charge in [-0.05, 0) is 75.4 Å². The zero-order valence-corrected chi connectivity index (χ0v) is 19.4. The predicted octanol–water partition coefficient (Wildman–Crippen LogP) is 3.34. The first-order valence-electron chi connectivity index (χ1n) is 10.3. The van der Waals surface area contributed by atoms with Gasteiger partial charge in [0.15, 0.2) is 0 Å². The molecule has 1 heterocycles. The minimum absolute atomic E-state index is 0.0700. The number of amides is 2. The predicted molar refractivity (Wildman–Crippen MR) is 126 cm³/mol. The third-order valence-electron chi connectivity index (χ3n) is 4.41. The average molecular weight is 467 g/mol. The van der Waals surface area contributed by atoms with Gasteiger partial charge in [0.1, 0.15) is 0 Å². The van der Waals surface area contributed by atoms with Gasteiger partial charge in [0, 0.05) is 28.6 Å². The first-order chi connectivity index (χ1) is 15.5. The van der Waals surface area contributed by atoms with Crippen molar-refractivity contribution in [1.29, 1.82) is 0 Å². The summed E-state index contributed by atoms with van der Waals surface area (Å²) in [6.45, 7) is 5.54. The molecule has 0 saturated carbocycles. The summed E-state index contributed by atoms with van der Waals surface area (Å²) in [5, 5.41) is 5.51. The fourth-order valence-corrected chi connectivity index (χ4v) is 4.38. The number of hydrogen-bond donors (Lipinski definition) is 3. The summed E-state index contributed by atoms with van der Waals surface area (Å²) < 4.78 is 27.4. The molecular formula is C24H26N4O4S. The van der Waals surface area contributed by atoms with E-state index in [1.165, 1.54) is 24.3 Å². The fraction of sp³-hybridized carbons (Fsp3) is 0.208. The van der Waals surface area contributed by atoms with E-state index in [-0.39, 0.29) is 22.9 Å². The second-order valence-electron chi connectivity index (χ2n) is 8.42. The lowest BCUT2D eigenvalue weighted by Crippen LogP contribution is -2.40. The number of nitrogens with one attached hydrogen (secondary N) is 3. The summed E-state index contributed by atoms with van der Waals surface area (Å²) in [5.41, 5.74) is 1.23. The maximum Gasteiger partial charge on any atom is 0.255 e. The molecule has 33 heavy (non-hydrogen) atoms. The van der Waals surface area contributed by atoms with Crippen molar-refractivity contribution in [3.05, 3.63) is 89.7 Å². The molecule has 9 heteroatoms. The van der Waals surface area contributed by atoms with Gasteiger partial charge >= 0.3 is 0 Å². The van der Waals surface area contributed by atoms with E-state index < -0.39 is 21.5 Å². The lowest BCUT2D eigenvalue weighted by molar-refractivity contribution is 0.0949. The number of benzene rings is 2. The Kier molecular flexibility index (Phi) is 7.25. The normalized spacial score (nSPS) is 11.6. The van der Waals surface area contributed by atoms with Crippen molar-refractivity contribution < 1.29 is 18.0 Å². The van der Waals surface area contributed by atoms with Crippen LogP contribution in [0.1, 0.15) is 47.2 Å². The van der Waals surface area contributed by atoms with E-state index in [0.717, 1.165) is 5.69 Å². The molecule has 2 aromatic carbocycles. The van der Waals surface area contributed by atoms with Crippen LogP contribution in [0, 0.1) is 0 Å². The molecule has 1 aromatic heterocycles. The highest BCUT2D eigenvalue weighted by molar-refractivity contribution is 7.89. The van der Waals surface area contributed by atoms with Crippen molar-refractivity contribution in [1.82, 2.24) is 15.0 Å². The lowest BCUT2D eigenvalue weighted by Gasteiger charge is -2.20. The topological polar surface area (TPSA) is 117 Å². The van der Waals surface area contributed by atoms with E-state index in [1.807, 2.05) is 12.1 Å². The Balaban J connectivity index is 1.65. The minimum Gasteiger partial charge on any atom is -0.346 e. The van der Waals surface area contributed by atoms with Crippen molar-refractivity contribution in [3.8, 4) is 0 Å². The summed E-state index contributed by atoms with van der Waals surface area (Å²) in [6, 6.07) is 17.6. The quantitative estimate of drug-likeness (QED) is 0.494. The van der Waals surface area contributed by atoms with Gasteiger partial charge < -0.3 is 10.6 Å². The van der Waals surface area contributed by atoms with Crippen molar-refractivity contribution in [2.45, 2.75) is 37.8 Å². The Morgan fingerprint density at radius 3 is 2.24 bits per heavy atom. The molecule has 0 bridgehead atoms. The Hall–Kier alpha value is -3.56. The number of hydrogen-bond acceptors (Lipinski definition) is 5. The van der Waals surface area contributed by atoms with Crippen LogP contribution in [0.5, 0.6) is 0 Å². The summed E-state index contributed by atoms with van der Waals surface area (Å²) in [5.74, 6) is -0.716. The van der Waals surface area contributed by atoms with Gasteiger partial charge in [-0.3, -0.25) is 14.6 Å². The molecular weight excluding hydrogens is 440 g/mol. The third-order valence-corrected chi connectivity index (χ3v) is 6.18. The highest BCUT2D eigenvalue weighted by atomic mass is 32.2. The average Bonchev–Trinajstić information content (AvgIpc) is 2.77. The van der Waals surface area contributed by atoms with Crippen LogP contribution in [-0.4, -0.2) is 30.8 Å². The molecule has 0 spiro atoms. The largest absolute Gasteiger partial charge is 0.346 e. The fourth-order valence-electron chi connectivity index (χ4n) is 2.96. The molecule has 172 valence electrons. The van der Waals surface area contributed by atoms with Gasteiger partial charge in [-0.1, -0.05) is 12.1 Å². The van der Waals surface area contributed by atoms with E-state index in [0.29, 0.717) is 11.3 Å². The Morgan fingerprint density at radius 2 is 1.61 bits per heavy atom. The molecule has 0 atom stereocenters. The van der Waals surface area contributed by atoms with E-state index in [4.69, 9.17) is 0 Å². The van der Waals surface area contributed by atoms with Crippen LogP contribution >= 0.6 is 0 Å². The Morgan fingerprint density at radius 1 is 0.879 bits per heavy atom. The molecule has 0 fully saturated rings. The highest BCUT2D eigenvalue weighted by Gasteiger charge is 2.22. The minimum atomic E-state index is -3.69. The molecule has 3 rings (SSSR count). The first kappa shape index (κ1) is 24.1. The lowest BCUT2D eigenvalue weighted by atomic mass is 10.1. The molecule has 0 saturated heterocycles. The van der Waals surface area contributed by atoms with E-state index in [2.05, 4.69) is 20.3 Å². The smallest absolute Gasteiger partial charge is 0.255 e. The van der Waals surface area contributed by atoms with Crippen molar-refractivity contribution >= 4 is 27.5 Å². The van der Waals surface area contributed by atoms with Crippen molar-refractivity contribution in [2.24, 2.45) is 0 Å². The second kappa shape index (κ2) is 9.93. The maximum atomic E-state index is 12.6. The number of pyridine rings is 1. The first-order valence-corrected chi connectivity index (χ1v) is 11.8. The van der Waals surface area contributed by atoms with E-state index in [1.54, 1.807) is 57.3 Å². The van der Waals surface area contributed by atoms with Gasteiger partial charge in [0.2, 0.25) is 10.0 Å². The summed E-state index contributed by atoms with van der Waals surface area (Å²) in [7, 11) is -3.69. The Labute approximate surface area is 193 Å². The van der Waals surface area contributed by atoms with Crippen LogP contribution < -0.4 is 15.4 Å². The molecule has 2 amide bonds. The summed E-state index contributed by atoms with van der Waals surface area (Å²) >= 11 is 0. The molecule has 0 aliphatic heterocycles. The van der Waals surface area contributed by atoms with Crippen molar-refractivity contribution in [3.63, 3.8) is 0 Å².